The molecule has 0 atom stereocenters. The molecule has 2 aromatic carbocycles. The summed E-state index contributed by atoms with van der Waals surface area (Å²) in [6.45, 7) is 4.97. The van der Waals surface area contributed by atoms with Crippen LogP contribution in [0.2, 0.25) is 0 Å². The zero-order valence-corrected chi connectivity index (χ0v) is 16.0. The number of imide groups is 1. The van der Waals surface area contributed by atoms with Crippen molar-refractivity contribution in [3.8, 4) is 0 Å². The second-order valence-corrected chi connectivity index (χ2v) is 7.03. The van der Waals surface area contributed by atoms with E-state index in [9.17, 15) is 19.7 Å². The number of nitro groups is 1. The SMILES string of the molecule is CC(C)(C)OC(=O)N(Cc1ccccc1)C(=O)OCc1ccc([N+](=O)[O-])cc1. The number of nitrogens with zero attached hydrogens (tertiary/aromatic N) is 2. The van der Waals surface area contributed by atoms with Gasteiger partial charge in [0.1, 0.15) is 12.2 Å². The summed E-state index contributed by atoms with van der Waals surface area (Å²) in [5.41, 5.74) is 0.461. The molecular weight excluding hydrogens is 364 g/mol. The third kappa shape index (κ3) is 6.39. The van der Waals surface area contributed by atoms with Gasteiger partial charge < -0.3 is 9.47 Å². The molecule has 0 N–H and O–H groups in total. The van der Waals surface area contributed by atoms with Crippen molar-refractivity contribution in [3.63, 3.8) is 0 Å². The van der Waals surface area contributed by atoms with Crippen molar-refractivity contribution < 1.29 is 24.0 Å². The van der Waals surface area contributed by atoms with Crippen molar-refractivity contribution >= 4 is 17.9 Å². The van der Waals surface area contributed by atoms with Gasteiger partial charge in [-0.2, -0.15) is 0 Å². The minimum absolute atomic E-state index is 0.00511. The predicted molar refractivity (Wildman–Crippen MR) is 102 cm³/mol. The maximum absolute atomic E-state index is 12.5. The quantitative estimate of drug-likeness (QED) is 0.547. The minimum Gasteiger partial charge on any atom is -0.444 e. The number of non-ortho nitro benzene ring substituents is 1. The van der Waals surface area contributed by atoms with Crippen molar-refractivity contribution in [2.24, 2.45) is 0 Å². The maximum atomic E-state index is 12.5. The van der Waals surface area contributed by atoms with Crippen LogP contribution in [0.3, 0.4) is 0 Å². The Bertz CT molecular complexity index is 828. The first-order valence-corrected chi connectivity index (χ1v) is 8.60. The van der Waals surface area contributed by atoms with Crippen LogP contribution < -0.4 is 0 Å². The molecule has 0 bridgehead atoms. The van der Waals surface area contributed by atoms with E-state index in [2.05, 4.69) is 0 Å². The van der Waals surface area contributed by atoms with E-state index in [1.54, 1.807) is 45.0 Å². The van der Waals surface area contributed by atoms with Crippen LogP contribution in [-0.2, 0) is 22.6 Å². The summed E-state index contributed by atoms with van der Waals surface area (Å²) >= 11 is 0. The standard InChI is InChI=1S/C20H22N2O6/c1-20(2,3)28-19(24)21(13-15-7-5-4-6-8-15)18(23)27-14-16-9-11-17(12-10-16)22(25)26/h4-12H,13-14H2,1-3H3. The van der Waals surface area contributed by atoms with Crippen LogP contribution in [0.25, 0.3) is 0 Å². The fourth-order valence-electron chi connectivity index (χ4n) is 2.22. The second kappa shape index (κ2) is 8.98. The van der Waals surface area contributed by atoms with Gasteiger partial charge in [0.05, 0.1) is 11.5 Å². The fourth-order valence-corrected chi connectivity index (χ4v) is 2.22. The zero-order chi connectivity index (χ0) is 20.7. The molecule has 0 aromatic heterocycles. The summed E-state index contributed by atoms with van der Waals surface area (Å²) in [7, 11) is 0. The van der Waals surface area contributed by atoms with E-state index in [0.717, 1.165) is 10.5 Å². The van der Waals surface area contributed by atoms with E-state index in [-0.39, 0.29) is 18.8 Å². The number of rotatable bonds is 5. The molecule has 0 aliphatic heterocycles. The van der Waals surface area contributed by atoms with Crippen LogP contribution in [0.15, 0.2) is 54.6 Å². The Morgan fingerprint density at radius 3 is 2.11 bits per heavy atom. The average Bonchev–Trinajstić information content (AvgIpc) is 2.64. The molecule has 28 heavy (non-hydrogen) atoms. The third-order valence-electron chi connectivity index (χ3n) is 3.53. The highest BCUT2D eigenvalue weighted by atomic mass is 16.6. The average molecular weight is 386 g/mol. The number of benzene rings is 2. The van der Waals surface area contributed by atoms with Gasteiger partial charge in [-0.1, -0.05) is 30.3 Å². The first-order chi connectivity index (χ1) is 13.2. The second-order valence-electron chi connectivity index (χ2n) is 7.03. The number of ether oxygens (including phenoxy) is 2. The molecule has 0 radical (unpaired) electrons. The highest BCUT2D eigenvalue weighted by molar-refractivity contribution is 5.87. The maximum Gasteiger partial charge on any atom is 0.420 e. The zero-order valence-electron chi connectivity index (χ0n) is 16.0. The highest BCUT2D eigenvalue weighted by Gasteiger charge is 2.28. The Balaban J connectivity index is 2.09. The van der Waals surface area contributed by atoms with Crippen LogP contribution in [0.4, 0.5) is 15.3 Å². The number of hydrogen-bond acceptors (Lipinski definition) is 6. The first-order valence-electron chi connectivity index (χ1n) is 8.60. The van der Waals surface area contributed by atoms with Crippen molar-refractivity contribution in [1.29, 1.82) is 0 Å². The van der Waals surface area contributed by atoms with Crippen molar-refractivity contribution in [1.82, 2.24) is 4.90 Å². The van der Waals surface area contributed by atoms with Crippen LogP contribution in [0.5, 0.6) is 0 Å². The molecule has 0 unspecified atom stereocenters. The Labute approximate surface area is 162 Å². The molecule has 2 aromatic rings. The van der Waals surface area contributed by atoms with E-state index < -0.39 is 22.7 Å². The third-order valence-corrected chi connectivity index (χ3v) is 3.53. The molecule has 8 nitrogen and oxygen atoms in total. The molecule has 0 saturated carbocycles. The smallest absolute Gasteiger partial charge is 0.420 e. The summed E-state index contributed by atoms with van der Waals surface area (Å²) in [5.74, 6) is 0. The van der Waals surface area contributed by atoms with Crippen LogP contribution in [0, 0.1) is 10.1 Å². The highest BCUT2D eigenvalue weighted by Crippen LogP contribution is 2.16. The Morgan fingerprint density at radius 1 is 0.964 bits per heavy atom. The summed E-state index contributed by atoms with van der Waals surface area (Å²) in [6, 6.07) is 14.6. The fraction of sp³-hybridized carbons (Fsp3) is 0.300. The van der Waals surface area contributed by atoms with E-state index in [1.165, 1.54) is 24.3 Å². The molecular formula is C20H22N2O6. The minimum atomic E-state index is -0.864. The summed E-state index contributed by atoms with van der Waals surface area (Å²) in [5, 5.41) is 10.7. The van der Waals surface area contributed by atoms with Gasteiger partial charge in [0.2, 0.25) is 0 Å². The predicted octanol–water partition coefficient (Wildman–Crippen LogP) is 4.67. The molecule has 148 valence electrons. The number of carbonyl (C=O) groups excluding carboxylic acids is 2. The van der Waals surface area contributed by atoms with Gasteiger partial charge in [-0.05, 0) is 44.0 Å². The van der Waals surface area contributed by atoms with E-state index in [4.69, 9.17) is 9.47 Å². The Morgan fingerprint density at radius 2 is 1.57 bits per heavy atom. The first kappa shape index (κ1) is 20.9. The lowest BCUT2D eigenvalue weighted by molar-refractivity contribution is -0.384. The van der Waals surface area contributed by atoms with Gasteiger partial charge in [-0.3, -0.25) is 10.1 Å². The molecule has 2 amide bonds. The van der Waals surface area contributed by atoms with Gasteiger partial charge in [0, 0.05) is 12.1 Å². The summed E-state index contributed by atoms with van der Waals surface area (Å²) in [4.78, 5) is 36.0. The number of nitro benzene ring substituents is 1. The molecule has 2 rings (SSSR count). The molecule has 0 spiro atoms. The molecule has 0 aliphatic carbocycles. The lowest BCUT2D eigenvalue weighted by atomic mass is 10.2. The lowest BCUT2D eigenvalue weighted by Crippen LogP contribution is -2.40. The normalized spacial score (nSPS) is 10.8. The summed E-state index contributed by atoms with van der Waals surface area (Å²) in [6.07, 6.45) is -1.68. The van der Waals surface area contributed by atoms with E-state index >= 15 is 0 Å². The number of carbonyl (C=O) groups is 2. The van der Waals surface area contributed by atoms with Crippen molar-refractivity contribution in [2.75, 3.05) is 0 Å². The summed E-state index contributed by atoms with van der Waals surface area (Å²) < 4.78 is 10.5. The van der Waals surface area contributed by atoms with Crippen LogP contribution in [-0.4, -0.2) is 27.6 Å². The molecule has 0 fully saturated rings. The van der Waals surface area contributed by atoms with Crippen LogP contribution in [0.1, 0.15) is 31.9 Å². The Kier molecular flexibility index (Phi) is 6.70. The van der Waals surface area contributed by atoms with E-state index in [1.807, 2.05) is 6.07 Å². The van der Waals surface area contributed by atoms with Gasteiger partial charge in [0.15, 0.2) is 0 Å². The number of hydrogen-bond donors (Lipinski definition) is 0. The lowest BCUT2D eigenvalue weighted by Gasteiger charge is -2.25. The topological polar surface area (TPSA) is 99.0 Å². The number of amides is 2. The monoisotopic (exact) mass is 386 g/mol. The van der Waals surface area contributed by atoms with E-state index in [0.29, 0.717) is 5.56 Å². The largest absolute Gasteiger partial charge is 0.444 e. The van der Waals surface area contributed by atoms with Crippen molar-refractivity contribution in [2.45, 2.75) is 39.5 Å². The van der Waals surface area contributed by atoms with Gasteiger partial charge in [0.25, 0.3) is 5.69 Å². The molecule has 0 heterocycles. The molecule has 0 saturated heterocycles. The van der Waals surface area contributed by atoms with Gasteiger partial charge >= 0.3 is 12.2 Å². The van der Waals surface area contributed by atoms with Gasteiger partial charge in [-0.15, -0.1) is 0 Å². The van der Waals surface area contributed by atoms with Crippen molar-refractivity contribution in [3.05, 3.63) is 75.8 Å². The molecule has 8 heteroatoms. The van der Waals surface area contributed by atoms with Crippen LogP contribution >= 0.6 is 0 Å². The van der Waals surface area contributed by atoms with Gasteiger partial charge in [-0.25, -0.2) is 14.5 Å². The molecule has 0 aliphatic rings. The Hall–Kier alpha value is -3.42.